The highest BCUT2D eigenvalue weighted by molar-refractivity contribution is 9.10. The molecule has 38 heavy (non-hydrogen) atoms. The first-order chi connectivity index (χ1) is 18.4. The van der Waals surface area contributed by atoms with Gasteiger partial charge >= 0.3 is 4.87 Å². The van der Waals surface area contributed by atoms with E-state index in [2.05, 4.69) is 26.2 Å². The summed E-state index contributed by atoms with van der Waals surface area (Å²) in [5, 5.41) is 2.60. The van der Waals surface area contributed by atoms with Crippen LogP contribution in [0.3, 0.4) is 0 Å². The van der Waals surface area contributed by atoms with Crippen molar-refractivity contribution in [2.45, 2.75) is 22.7 Å². The number of carbonyl (C=O) groups is 3. The molecule has 2 aliphatic heterocycles. The molecule has 2 aromatic carbocycles. The Bertz CT molecular complexity index is 1610. The molecular weight excluding hydrogens is 588 g/mol. The third-order valence-electron chi connectivity index (χ3n) is 6.54. The number of aromatic nitrogens is 2. The highest BCUT2D eigenvalue weighted by atomic mass is 79.9. The summed E-state index contributed by atoms with van der Waals surface area (Å²) in [6.45, 7) is -0.206. The van der Waals surface area contributed by atoms with Crippen molar-refractivity contribution in [1.82, 2.24) is 9.55 Å². The molecule has 2 unspecified atom stereocenters. The van der Waals surface area contributed by atoms with Crippen LogP contribution in [0.15, 0.2) is 93.4 Å². The number of carbonyl (C=O) groups excluding carboxylic acids is 3. The van der Waals surface area contributed by atoms with Gasteiger partial charge in [-0.3, -0.25) is 28.7 Å². The van der Waals surface area contributed by atoms with Crippen molar-refractivity contribution in [1.29, 1.82) is 0 Å². The van der Waals surface area contributed by atoms with E-state index in [0.29, 0.717) is 21.3 Å². The first-order valence-electron chi connectivity index (χ1n) is 11.7. The van der Waals surface area contributed by atoms with E-state index in [1.807, 2.05) is 24.3 Å². The van der Waals surface area contributed by atoms with Crippen LogP contribution in [-0.2, 0) is 20.9 Å². The van der Waals surface area contributed by atoms with E-state index < -0.39 is 17.1 Å². The fourth-order valence-electron chi connectivity index (χ4n) is 4.88. The van der Waals surface area contributed by atoms with E-state index in [1.165, 1.54) is 21.2 Å². The van der Waals surface area contributed by atoms with Crippen LogP contribution in [0.2, 0.25) is 0 Å². The number of amides is 3. The van der Waals surface area contributed by atoms with Gasteiger partial charge in [0.15, 0.2) is 0 Å². The molecule has 190 valence electrons. The predicted molar refractivity (Wildman–Crippen MR) is 150 cm³/mol. The highest BCUT2D eigenvalue weighted by Gasteiger charge is 2.56. The van der Waals surface area contributed by atoms with Gasteiger partial charge in [0.1, 0.15) is 11.8 Å². The fourth-order valence-corrected chi connectivity index (χ4v) is 7.92. The summed E-state index contributed by atoms with van der Waals surface area (Å²) in [6.07, 6.45) is 3.30. The molecule has 4 aromatic rings. The molecule has 2 aliphatic rings. The van der Waals surface area contributed by atoms with Gasteiger partial charge in [-0.05, 0) is 48.0 Å². The maximum absolute atomic E-state index is 13.8. The van der Waals surface area contributed by atoms with Crippen LogP contribution in [0.4, 0.5) is 11.4 Å². The number of pyridine rings is 1. The Morgan fingerprint density at radius 1 is 0.974 bits per heavy atom. The normalized spacial score (nSPS) is 20.2. The molecule has 0 bridgehead atoms. The Labute approximate surface area is 233 Å². The number of fused-ring (bicyclic) bond motifs is 2. The number of benzene rings is 2. The van der Waals surface area contributed by atoms with E-state index in [4.69, 9.17) is 0 Å². The molecule has 6 rings (SSSR count). The van der Waals surface area contributed by atoms with Gasteiger partial charge in [0.2, 0.25) is 17.7 Å². The molecule has 1 N–H and O–H groups in total. The van der Waals surface area contributed by atoms with Crippen LogP contribution in [0.5, 0.6) is 0 Å². The van der Waals surface area contributed by atoms with E-state index in [1.54, 1.807) is 54.9 Å². The SMILES string of the molecule is O=C(Cn1c2c(sc1=O)[C@H](c1cccnc1)C1C(=O)N(c3ccc(Br)cc3)C(=O)C1S2)Nc1ccccc1. The molecule has 0 radical (unpaired) electrons. The lowest BCUT2D eigenvalue weighted by atomic mass is 9.84. The number of imide groups is 1. The minimum atomic E-state index is -0.749. The van der Waals surface area contributed by atoms with Crippen LogP contribution in [0.25, 0.3) is 0 Å². The van der Waals surface area contributed by atoms with E-state index in [9.17, 15) is 19.2 Å². The average Bonchev–Trinajstić information content (AvgIpc) is 3.36. The first kappa shape index (κ1) is 24.8. The van der Waals surface area contributed by atoms with Crippen LogP contribution >= 0.6 is 39.0 Å². The van der Waals surface area contributed by atoms with Gasteiger partial charge in [-0.2, -0.15) is 0 Å². The van der Waals surface area contributed by atoms with Crippen LogP contribution in [0.1, 0.15) is 16.4 Å². The number of para-hydroxylation sites is 1. The molecule has 4 heterocycles. The number of rotatable bonds is 5. The van der Waals surface area contributed by atoms with Crippen molar-refractivity contribution < 1.29 is 14.4 Å². The molecule has 0 spiro atoms. The van der Waals surface area contributed by atoms with Gasteiger partial charge in [-0.15, -0.1) is 0 Å². The average molecular weight is 608 g/mol. The summed E-state index contributed by atoms with van der Waals surface area (Å²) in [4.78, 5) is 59.4. The Morgan fingerprint density at radius 3 is 2.45 bits per heavy atom. The molecule has 2 aromatic heterocycles. The molecule has 0 saturated carbocycles. The maximum Gasteiger partial charge on any atom is 0.308 e. The van der Waals surface area contributed by atoms with Crippen LogP contribution in [0, 0.1) is 5.92 Å². The van der Waals surface area contributed by atoms with Gasteiger partial charge < -0.3 is 5.32 Å². The summed E-state index contributed by atoms with van der Waals surface area (Å²) < 4.78 is 2.24. The zero-order valence-corrected chi connectivity index (χ0v) is 22.8. The van der Waals surface area contributed by atoms with Gasteiger partial charge in [0.05, 0.1) is 16.6 Å². The Kier molecular flexibility index (Phi) is 6.50. The standard InChI is InChI=1S/C27H19BrN4O4S2/c28-16-8-10-18(11-9-16)32-24(34)21-20(15-5-4-12-29-13-15)23-26(37-22(21)25(32)35)31(27(36)38-23)14-19(33)30-17-6-2-1-3-7-17/h1-13,20-22H,14H2,(H,30,33)/t20-,21?,22?/m1/s1. The zero-order chi connectivity index (χ0) is 26.4. The quantitative estimate of drug-likeness (QED) is 0.336. The summed E-state index contributed by atoms with van der Waals surface area (Å²) in [6, 6.07) is 19.6. The Hall–Kier alpha value is -3.54. The lowest BCUT2D eigenvalue weighted by Crippen LogP contribution is -2.33. The number of hydrogen-bond acceptors (Lipinski definition) is 7. The molecule has 8 nitrogen and oxygen atoms in total. The van der Waals surface area contributed by atoms with E-state index in [0.717, 1.165) is 21.4 Å². The Morgan fingerprint density at radius 2 is 1.74 bits per heavy atom. The lowest BCUT2D eigenvalue weighted by molar-refractivity contribution is -0.122. The maximum atomic E-state index is 13.8. The number of hydrogen-bond donors (Lipinski definition) is 1. The first-order valence-corrected chi connectivity index (χ1v) is 14.2. The van der Waals surface area contributed by atoms with E-state index >= 15 is 0 Å². The second kappa shape index (κ2) is 9.97. The minimum absolute atomic E-state index is 0.206. The van der Waals surface area contributed by atoms with Crippen molar-refractivity contribution in [3.63, 3.8) is 0 Å². The van der Waals surface area contributed by atoms with Crippen molar-refractivity contribution >= 4 is 68.1 Å². The molecule has 1 fully saturated rings. The Balaban J connectivity index is 1.41. The molecule has 11 heteroatoms. The number of thiazole rings is 1. The number of anilines is 2. The highest BCUT2D eigenvalue weighted by Crippen LogP contribution is 2.53. The van der Waals surface area contributed by atoms with Gasteiger partial charge in [-0.1, -0.05) is 63.3 Å². The van der Waals surface area contributed by atoms with Crippen LogP contribution < -0.4 is 15.1 Å². The lowest BCUT2D eigenvalue weighted by Gasteiger charge is -2.30. The van der Waals surface area contributed by atoms with Crippen molar-refractivity contribution in [3.8, 4) is 0 Å². The predicted octanol–water partition coefficient (Wildman–Crippen LogP) is 4.50. The number of nitrogens with one attached hydrogen (secondary N) is 1. The summed E-state index contributed by atoms with van der Waals surface area (Å²) in [5.74, 6) is -2.27. The summed E-state index contributed by atoms with van der Waals surface area (Å²) >= 11 is 5.59. The third-order valence-corrected chi connectivity index (χ3v) is 9.67. The van der Waals surface area contributed by atoms with Crippen molar-refractivity contribution in [2.75, 3.05) is 10.2 Å². The topological polar surface area (TPSA) is 101 Å². The summed E-state index contributed by atoms with van der Waals surface area (Å²) in [7, 11) is 0. The fraction of sp³-hybridized carbons (Fsp3) is 0.148. The minimum Gasteiger partial charge on any atom is -0.325 e. The molecule has 1 saturated heterocycles. The van der Waals surface area contributed by atoms with E-state index in [-0.39, 0.29) is 29.1 Å². The van der Waals surface area contributed by atoms with Gasteiger partial charge in [0, 0.05) is 33.3 Å². The smallest absolute Gasteiger partial charge is 0.308 e. The zero-order valence-electron chi connectivity index (χ0n) is 19.6. The largest absolute Gasteiger partial charge is 0.325 e. The molecular formula is C27H19BrN4O4S2. The molecule has 0 aliphatic carbocycles. The van der Waals surface area contributed by atoms with Gasteiger partial charge in [-0.25, -0.2) is 4.90 Å². The molecule has 3 atom stereocenters. The summed E-state index contributed by atoms with van der Waals surface area (Å²) in [5.41, 5.74) is 1.86. The number of thioether (sulfide) groups is 1. The monoisotopic (exact) mass is 606 g/mol. The number of nitrogens with zero attached hydrogens (tertiary/aromatic N) is 3. The van der Waals surface area contributed by atoms with Crippen molar-refractivity contribution in [2.24, 2.45) is 5.92 Å². The van der Waals surface area contributed by atoms with Gasteiger partial charge in [0.25, 0.3) is 0 Å². The number of halogens is 1. The van der Waals surface area contributed by atoms with Crippen molar-refractivity contribution in [3.05, 3.63) is 104 Å². The third kappa shape index (κ3) is 4.30. The molecule has 3 amide bonds. The second-order valence-electron chi connectivity index (χ2n) is 8.85. The second-order valence-corrected chi connectivity index (χ2v) is 11.9. The van der Waals surface area contributed by atoms with Crippen LogP contribution in [-0.4, -0.2) is 32.5 Å².